The Labute approximate surface area is 91.3 Å². The molecule has 5 nitrogen and oxygen atoms in total. The summed E-state index contributed by atoms with van der Waals surface area (Å²) in [6.07, 6.45) is 2.45. The minimum absolute atomic E-state index is 0.484. The number of rotatable bonds is 3. The number of nitrogens with two attached hydrogens (primary N) is 1. The van der Waals surface area contributed by atoms with Crippen LogP contribution >= 0.6 is 11.3 Å². The van der Waals surface area contributed by atoms with Gasteiger partial charge in [-0.05, 0) is 13.3 Å². The third-order valence-corrected chi connectivity index (χ3v) is 3.08. The van der Waals surface area contributed by atoms with Gasteiger partial charge in [0, 0.05) is 0 Å². The van der Waals surface area contributed by atoms with Gasteiger partial charge in [0.05, 0.1) is 17.2 Å². The number of hydrogen-bond donors (Lipinski definition) is 1. The fourth-order valence-corrected chi connectivity index (χ4v) is 1.58. The van der Waals surface area contributed by atoms with E-state index in [0.717, 1.165) is 11.3 Å². The lowest BCUT2D eigenvalue weighted by molar-refractivity contribution is 0.379. The molecule has 2 rings (SSSR count). The Kier molecular flexibility index (Phi) is 2.54. The maximum Gasteiger partial charge on any atom is 0.269 e. The number of hydrogen-bond acceptors (Lipinski definition) is 6. The van der Waals surface area contributed by atoms with Crippen molar-refractivity contribution in [2.75, 3.05) is 0 Å². The summed E-state index contributed by atoms with van der Waals surface area (Å²) in [5.41, 5.74) is 7.19. The quantitative estimate of drug-likeness (QED) is 0.859. The normalized spacial score (nSPS) is 15.1. The maximum atomic E-state index is 6.01. The van der Waals surface area contributed by atoms with Crippen LogP contribution in [0.3, 0.4) is 0 Å². The van der Waals surface area contributed by atoms with Crippen LogP contribution in [0.25, 0.3) is 10.8 Å². The first-order chi connectivity index (χ1) is 7.13. The molecule has 0 saturated heterocycles. The van der Waals surface area contributed by atoms with Gasteiger partial charge in [0.1, 0.15) is 4.88 Å². The van der Waals surface area contributed by atoms with Crippen molar-refractivity contribution in [2.24, 2.45) is 5.73 Å². The summed E-state index contributed by atoms with van der Waals surface area (Å²) in [5.74, 6) is 1.02. The Morgan fingerprint density at radius 3 is 3.00 bits per heavy atom. The Morgan fingerprint density at radius 1 is 1.60 bits per heavy atom. The lowest BCUT2D eigenvalue weighted by Gasteiger charge is -2.16. The van der Waals surface area contributed by atoms with E-state index in [1.54, 1.807) is 11.7 Å². The largest absolute Gasteiger partial charge is 0.333 e. The molecule has 0 saturated carbocycles. The summed E-state index contributed by atoms with van der Waals surface area (Å²) in [4.78, 5) is 9.07. The molecule has 0 aromatic carbocycles. The molecule has 2 N–H and O–H groups in total. The van der Waals surface area contributed by atoms with Crippen LogP contribution in [0.15, 0.2) is 16.2 Å². The maximum absolute atomic E-state index is 6.01. The third-order valence-electron chi connectivity index (χ3n) is 2.31. The average molecular weight is 224 g/mol. The topological polar surface area (TPSA) is 77.8 Å². The first-order valence-corrected chi connectivity index (χ1v) is 5.53. The van der Waals surface area contributed by atoms with Gasteiger partial charge < -0.3 is 10.3 Å². The molecule has 0 spiro atoms. The average Bonchev–Trinajstić information content (AvgIpc) is 2.88. The molecule has 1 atom stereocenters. The zero-order chi connectivity index (χ0) is 10.9. The Morgan fingerprint density at radius 2 is 2.40 bits per heavy atom. The van der Waals surface area contributed by atoms with Gasteiger partial charge in [-0.15, -0.1) is 11.3 Å². The van der Waals surface area contributed by atoms with Gasteiger partial charge in [-0.2, -0.15) is 4.98 Å². The summed E-state index contributed by atoms with van der Waals surface area (Å²) in [6.45, 7) is 3.87. The predicted molar refractivity (Wildman–Crippen MR) is 57.2 cm³/mol. The van der Waals surface area contributed by atoms with Crippen LogP contribution in [0.5, 0.6) is 0 Å². The van der Waals surface area contributed by atoms with E-state index < -0.39 is 5.54 Å². The highest BCUT2D eigenvalue weighted by molar-refractivity contribution is 7.13. The summed E-state index contributed by atoms with van der Waals surface area (Å²) < 4.78 is 5.13. The monoisotopic (exact) mass is 224 g/mol. The third kappa shape index (κ3) is 1.91. The molecule has 1 unspecified atom stereocenters. The van der Waals surface area contributed by atoms with E-state index in [4.69, 9.17) is 10.3 Å². The first-order valence-electron chi connectivity index (χ1n) is 4.65. The predicted octanol–water partition coefficient (Wildman–Crippen LogP) is 1.78. The summed E-state index contributed by atoms with van der Waals surface area (Å²) in [6, 6.07) is 0. The lowest BCUT2D eigenvalue weighted by Crippen LogP contribution is -2.33. The molecule has 2 heterocycles. The van der Waals surface area contributed by atoms with Crippen molar-refractivity contribution in [3.63, 3.8) is 0 Å². The highest BCUT2D eigenvalue weighted by atomic mass is 32.1. The van der Waals surface area contributed by atoms with Gasteiger partial charge in [0.25, 0.3) is 5.89 Å². The van der Waals surface area contributed by atoms with E-state index in [-0.39, 0.29) is 0 Å². The van der Waals surface area contributed by atoms with Crippen LogP contribution < -0.4 is 5.73 Å². The van der Waals surface area contributed by atoms with Crippen LogP contribution in [0.1, 0.15) is 26.1 Å². The van der Waals surface area contributed by atoms with Crippen molar-refractivity contribution in [1.29, 1.82) is 0 Å². The van der Waals surface area contributed by atoms with Crippen molar-refractivity contribution in [3.8, 4) is 10.8 Å². The zero-order valence-electron chi connectivity index (χ0n) is 8.60. The second-order valence-corrected chi connectivity index (χ2v) is 4.45. The van der Waals surface area contributed by atoms with E-state index in [1.165, 1.54) is 11.3 Å². The first kappa shape index (κ1) is 10.3. The lowest BCUT2D eigenvalue weighted by atomic mass is 10.0. The Bertz CT molecular complexity index is 435. The molecule has 6 heteroatoms. The van der Waals surface area contributed by atoms with Crippen LogP contribution in [0, 0.1) is 0 Å². The molecule has 0 amide bonds. The van der Waals surface area contributed by atoms with Gasteiger partial charge in [-0.25, -0.2) is 0 Å². The molecular formula is C9H12N4OS. The van der Waals surface area contributed by atoms with Gasteiger partial charge in [0.15, 0.2) is 5.82 Å². The summed E-state index contributed by atoms with van der Waals surface area (Å²) in [7, 11) is 0. The molecule has 0 radical (unpaired) electrons. The zero-order valence-corrected chi connectivity index (χ0v) is 9.41. The van der Waals surface area contributed by atoms with E-state index in [1.807, 2.05) is 13.8 Å². The van der Waals surface area contributed by atoms with E-state index in [2.05, 4.69) is 15.1 Å². The molecule has 0 aliphatic rings. The molecule has 0 aliphatic heterocycles. The number of thiazole rings is 1. The SMILES string of the molecule is CCC(C)(N)c1noc(-c2cncs2)n1. The van der Waals surface area contributed by atoms with E-state index in [0.29, 0.717) is 11.7 Å². The number of aromatic nitrogens is 3. The Hall–Kier alpha value is -1.27. The minimum atomic E-state index is -0.535. The summed E-state index contributed by atoms with van der Waals surface area (Å²) >= 11 is 1.46. The van der Waals surface area contributed by atoms with Crippen LogP contribution in [-0.4, -0.2) is 15.1 Å². The fourth-order valence-electron chi connectivity index (χ4n) is 1.04. The van der Waals surface area contributed by atoms with Crippen LogP contribution in [0.4, 0.5) is 0 Å². The van der Waals surface area contributed by atoms with Gasteiger partial charge >= 0.3 is 0 Å². The van der Waals surface area contributed by atoms with Crippen LogP contribution in [0.2, 0.25) is 0 Å². The van der Waals surface area contributed by atoms with Crippen molar-refractivity contribution in [3.05, 3.63) is 17.5 Å². The van der Waals surface area contributed by atoms with Crippen molar-refractivity contribution in [1.82, 2.24) is 15.1 Å². The van der Waals surface area contributed by atoms with Crippen molar-refractivity contribution >= 4 is 11.3 Å². The minimum Gasteiger partial charge on any atom is -0.333 e. The standard InChI is InChI=1S/C9H12N4OS/c1-3-9(2,10)8-12-7(14-13-8)6-4-11-5-15-6/h4-5H,3,10H2,1-2H3. The second kappa shape index (κ2) is 3.71. The molecule has 2 aromatic rings. The molecule has 0 aliphatic carbocycles. The molecule has 0 bridgehead atoms. The smallest absolute Gasteiger partial charge is 0.269 e. The summed E-state index contributed by atoms with van der Waals surface area (Å²) in [5, 5.41) is 3.88. The number of nitrogens with zero attached hydrogens (tertiary/aromatic N) is 3. The molecular weight excluding hydrogens is 212 g/mol. The molecule has 15 heavy (non-hydrogen) atoms. The Balaban J connectivity index is 2.33. The second-order valence-electron chi connectivity index (χ2n) is 3.56. The fraction of sp³-hybridized carbons (Fsp3) is 0.444. The van der Waals surface area contributed by atoms with Gasteiger partial charge in [-0.1, -0.05) is 12.1 Å². The van der Waals surface area contributed by atoms with Crippen molar-refractivity contribution in [2.45, 2.75) is 25.8 Å². The molecule has 0 fully saturated rings. The van der Waals surface area contributed by atoms with Gasteiger partial charge in [0.2, 0.25) is 0 Å². The highest BCUT2D eigenvalue weighted by Crippen LogP contribution is 2.24. The molecule has 80 valence electrons. The highest BCUT2D eigenvalue weighted by Gasteiger charge is 2.25. The van der Waals surface area contributed by atoms with E-state index >= 15 is 0 Å². The molecule has 2 aromatic heterocycles. The van der Waals surface area contributed by atoms with Gasteiger partial charge in [-0.3, -0.25) is 4.98 Å². The van der Waals surface area contributed by atoms with Crippen LogP contribution in [-0.2, 0) is 5.54 Å². The van der Waals surface area contributed by atoms with E-state index in [9.17, 15) is 0 Å². The van der Waals surface area contributed by atoms with Crippen molar-refractivity contribution < 1.29 is 4.52 Å².